The van der Waals surface area contributed by atoms with Crippen LogP contribution in [0.1, 0.15) is 37.3 Å². The molecule has 1 atom stereocenters. The highest BCUT2D eigenvalue weighted by atomic mass is 16.5. The summed E-state index contributed by atoms with van der Waals surface area (Å²) in [5, 5.41) is 7.99. The van der Waals surface area contributed by atoms with Crippen molar-refractivity contribution in [2.45, 2.75) is 39.6 Å². The van der Waals surface area contributed by atoms with Gasteiger partial charge < -0.3 is 18.8 Å². The minimum absolute atomic E-state index is 0.0326. The molecule has 0 saturated carbocycles. The van der Waals surface area contributed by atoms with Crippen LogP contribution in [-0.4, -0.2) is 40.2 Å². The smallest absolute Gasteiger partial charge is 0.256 e. The third-order valence-corrected chi connectivity index (χ3v) is 3.87. The number of benzene rings is 1. The summed E-state index contributed by atoms with van der Waals surface area (Å²) in [5.74, 6) is 1.65. The van der Waals surface area contributed by atoms with Gasteiger partial charge in [0.15, 0.2) is 6.10 Å². The van der Waals surface area contributed by atoms with Gasteiger partial charge in [-0.05, 0) is 31.5 Å². The molecule has 128 valence electrons. The Morgan fingerprint density at radius 2 is 2.21 bits per heavy atom. The first-order valence-electron chi connectivity index (χ1n) is 7.94. The molecule has 0 aliphatic carbocycles. The Morgan fingerprint density at radius 3 is 2.92 bits per heavy atom. The van der Waals surface area contributed by atoms with Crippen molar-refractivity contribution in [1.82, 2.24) is 15.1 Å². The molecule has 1 aliphatic rings. The molecule has 0 bridgehead atoms. The van der Waals surface area contributed by atoms with E-state index in [1.807, 2.05) is 38.1 Å². The van der Waals surface area contributed by atoms with Crippen molar-refractivity contribution < 1.29 is 18.7 Å². The molecule has 7 nitrogen and oxygen atoms in total. The number of hydrogen-bond donors (Lipinski definition) is 0. The Balaban J connectivity index is 1.49. The largest absolute Gasteiger partial charge is 0.481 e. The molecule has 1 aliphatic heterocycles. The number of amides is 1. The number of carbonyl (C=O) groups is 1. The second-order valence-corrected chi connectivity index (χ2v) is 5.97. The van der Waals surface area contributed by atoms with Crippen molar-refractivity contribution in [3.63, 3.8) is 0 Å². The topological polar surface area (TPSA) is 77.7 Å². The normalized spacial score (nSPS) is 15.9. The van der Waals surface area contributed by atoms with Gasteiger partial charge in [-0.3, -0.25) is 4.79 Å². The highest BCUT2D eigenvalue weighted by molar-refractivity contribution is 5.74. The number of carbonyl (C=O) groups excluding carboxylic acids is 1. The molecule has 7 heteroatoms. The average molecular weight is 331 g/mol. The predicted molar refractivity (Wildman–Crippen MR) is 85.4 cm³/mol. The molecule has 1 fully saturated rings. The van der Waals surface area contributed by atoms with Gasteiger partial charge in [0.25, 0.3) is 5.89 Å². The summed E-state index contributed by atoms with van der Waals surface area (Å²) >= 11 is 0. The van der Waals surface area contributed by atoms with Crippen LogP contribution in [0.5, 0.6) is 5.75 Å². The highest BCUT2D eigenvalue weighted by Gasteiger charge is 2.29. The lowest BCUT2D eigenvalue weighted by atomic mass is 10.2. The maximum atomic E-state index is 11.1. The van der Waals surface area contributed by atoms with Crippen LogP contribution < -0.4 is 4.74 Å². The van der Waals surface area contributed by atoms with Crippen molar-refractivity contribution in [3.05, 3.63) is 41.6 Å². The summed E-state index contributed by atoms with van der Waals surface area (Å²) in [6.07, 6.45) is -0.310. The minimum atomic E-state index is -0.343. The van der Waals surface area contributed by atoms with E-state index in [4.69, 9.17) is 13.9 Å². The Morgan fingerprint density at radius 1 is 1.42 bits per heavy atom. The van der Waals surface area contributed by atoms with Gasteiger partial charge in [-0.2, -0.15) is 0 Å². The average Bonchev–Trinajstić information content (AvgIpc) is 2.94. The highest BCUT2D eigenvalue weighted by Crippen LogP contribution is 2.22. The maximum Gasteiger partial charge on any atom is 0.256 e. The third-order valence-electron chi connectivity index (χ3n) is 3.87. The molecule has 2 aromatic rings. The molecule has 3 rings (SSSR count). The third kappa shape index (κ3) is 3.91. The van der Waals surface area contributed by atoms with Crippen LogP contribution in [-0.2, 0) is 16.1 Å². The fraction of sp³-hybridized carbons (Fsp3) is 0.471. The summed E-state index contributed by atoms with van der Waals surface area (Å²) in [6.45, 7) is 6.88. The number of aryl methyl sites for hydroxylation is 1. The zero-order chi connectivity index (χ0) is 17.1. The summed E-state index contributed by atoms with van der Waals surface area (Å²) in [5.41, 5.74) is 1.12. The fourth-order valence-electron chi connectivity index (χ4n) is 2.42. The minimum Gasteiger partial charge on any atom is -0.481 e. The number of nitrogens with zero attached hydrogens (tertiary/aromatic N) is 3. The van der Waals surface area contributed by atoms with Crippen LogP contribution in [0.15, 0.2) is 28.7 Å². The van der Waals surface area contributed by atoms with Gasteiger partial charge in [-0.1, -0.05) is 12.1 Å². The van der Waals surface area contributed by atoms with E-state index in [0.29, 0.717) is 24.9 Å². The van der Waals surface area contributed by atoms with Gasteiger partial charge in [0.05, 0.1) is 6.10 Å². The molecule has 1 saturated heterocycles. The second-order valence-electron chi connectivity index (χ2n) is 5.97. The molecule has 24 heavy (non-hydrogen) atoms. The lowest BCUT2D eigenvalue weighted by Gasteiger charge is -2.37. The number of aromatic nitrogens is 2. The maximum absolute atomic E-state index is 11.1. The van der Waals surface area contributed by atoms with Crippen molar-refractivity contribution in [2.75, 3.05) is 13.1 Å². The molecule has 1 aromatic heterocycles. The van der Waals surface area contributed by atoms with E-state index >= 15 is 0 Å². The first-order valence-corrected chi connectivity index (χ1v) is 7.94. The zero-order valence-corrected chi connectivity index (χ0v) is 14.1. The van der Waals surface area contributed by atoms with E-state index in [2.05, 4.69) is 10.2 Å². The van der Waals surface area contributed by atoms with Gasteiger partial charge in [0.1, 0.15) is 12.4 Å². The van der Waals surface area contributed by atoms with Crippen molar-refractivity contribution >= 4 is 5.91 Å². The SMILES string of the molecule is CC(=O)N1CC(OCc2nnc(C(C)Oc3cccc(C)c3)o2)C1. The van der Waals surface area contributed by atoms with Gasteiger partial charge >= 0.3 is 0 Å². The predicted octanol–water partition coefficient (Wildman–Crippen LogP) is 2.27. The van der Waals surface area contributed by atoms with Gasteiger partial charge in [-0.25, -0.2) is 0 Å². The summed E-state index contributed by atoms with van der Waals surface area (Å²) in [6, 6.07) is 7.79. The van der Waals surface area contributed by atoms with E-state index in [-0.39, 0.29) is 24.7 Å². The van der Waals surface area contributed by atoms with Crippen LogP contribution in [0, 0.1) is 6.92 Å². The van der Waals surface area contributed by atoms with Crippen LogP contribution in [0.25, 0.3) is 0 Å². The molecule has 0 N–H and O–H groups in total. The lowest BCUT2D eigenvalue weighted by Crippen LogP contribution is -2.53. The fourth-order valence-corrected chi connectivity index (χ4v) is 2.42. The Hall–Kier alpha value is -2.41. The first kappa shape index (κ1) is 16.4. The van der Waals surface area contributed by atoms with Crippen LogP contribution >= 0.6 is 0 Å². The Kier molecular flexibility index (Phi) is 4.80. The number of likely N-dealkylation sites (tertiary alicyclic amines) is 1. The summed E-state index contributed by atoms with van der Waals surface area (Å²) in [7, 11) is 0. The molecule has 1 amide bonds. The van der Waals surface area contributed by atoms with Crippen molar-refractivity contribution in [1.29, 1.82) is 0 Å². The van der Waals surface area contributed by atoms with Gasteiger partial charge in [-0.15, -0.1) is 10.2 Å². The van der Waals surface area contributed by atoms with E-state index in [1.165, 1.54) is 0 Å². The van der Waals surface area contributed by atoms with Crippen molar-refractivity contribution in [2.24, 2.45) is 0 Å². The van der Waals surface area contributed by atoms with Crippen LogP contribution in [0.3, 0.4) is 0 Å². The standard InChI is InChI=1S/C17H21N3O4/c1-11-5-4-6-14(7-11)23-12(2)17-19-18-16(24-17)10-22-15-8-20(9-15)13(3)21/h4-7,12,15H,8-10H2,1-3H3. The Bertz CT molecular complexity index is 709. The molecule has 0 radical (unpaired) electrons. The number of rotatable bonds is 6. The molecule has 1 unspecified atom stereocenters. The molecular weight excluding hydrogens is 310 g/mol. The molecule has 1 aromatic carbocycles. The van der Waals surface area contributed by atoms with E-state index < -0.39 is 0 Å². The number of hydrogen-bond acceptors (Lipinski definition) is 6. The van der Waals surface area contributed by atoms with Crippen LogP contribution in [0.2, 0.25) is 0 Å². The number of ether oxygens (including phenoxy) is 2. The molecule has 2 heterocycles. The Labute approximate surface area is 140 Å². The summed E-state index contributed by atoms with van der Waals surface area (Å²) in [4.78, 5) is 12.8. The first-order chi connectivity index (χ1) is 11.5. The summed E-state index contributed by atoms with van der Waals surface area (Å²) < 4.78 is 17.0. The van der Waals surface area contributed by atoms with E-state index in [9.17, 15) is 4.79 Å². The van der Waals surface area contributed by atoms with E-state index in [1.54, 1.807) is 11.8 Å². The van der Waals surface area contributed by atoms with Crippen LogP contribution in [0.4, 0.5) is 0 Å². The monoisotopic (exact) mass is 331 g/mol. The van der Waals surface area contributed by atoms with Gasteiger partial charge in [0.2, 0.25) is 11.8 Å². The molecular formula is C17H21N3O4. The quantitative estimate of drug-likeness (QED) is 0.808. The lowest BCUT2D eigenvalue weighted by molar-refractivity contribution is -0.144. The van der Waals surface area contributed by atoms with E-state index in [0.717, 1.165) is 11.3 Å². The second kappa shape index (κ2) is 7.00. The zero-order valence-electron chi connectivity index (χ0n) is 14.1. The van der Waals surface area contributed by atoms with Gasteiger partial charge in [0, 0.05) is 20.0 Å². The molecule has 0 spiro atoms. The van der Waals surface area contributed by atoms with Crippen molar-refractivity contribution in [3.8, 4) is 5.75 Å².